The van der Waals surface area contributed by atoms with Gasteiger partial charge in [0.1, 0.15) is 16.7 Å². The SMILES string of the molecule is O=S(=O)(NC1CC1)c1c(OC2CCNCC2)ccc(Cl)c1Cl. The lowest BCUT2D eigenvalue weighted by Gasteiger charge is -2.25. The Morgan fingerprint density at radius 3 is 2.45 bits per heavy atom. The molecular weight excluding hydrogens is 347 g/mol. The maximum atomic E-state index is 12.6. The number of ether oxygens (including phenoxy) is 1. The van der Waals surface area contributed by atoms with Crippen molar-refractivity contribution in [2.45, 2.75) is 42.7 Å². The van der Waals surface area contributed by atoms with E-state index in [2.05, 4.69) is 10.0 Å². The van der Waals surface area contributed by atoms with E-state index in [4.69, 9.17) is 27.9 Å². The lowest BCUT2D eigenvalue weighted by atomic mass is 10.1. The van der Waals surface area contributed by atoms with E-state index in [1.54, 1.807) is 12.1 Å². The molecule has 0 unspecified atom stereocenters. The number of sulfonamides is 1. The zero-order chi connectivity index (χ0) is 15.7. The van der Waals surface area contributed by atoms with Crippen LogP contribution in [0.25, 0.3) is 0 Å². The molecular formula is C14H18Cl2N2O3S. The lowest BCUT2D eigenvalue weighted by Crippen LogP contribution is -2.34. The molecule has 2 fully saturated rings. The topological polar surface area (TPSA) is 67.4 Å². The molecule has 0 amide bonds. The molecule has 1 aliphatic heterocycles. The normalized spacial score (nSPS) is 20.1. The average molecular weight is 365 g/mol. The van der Waals surface area contributed by atoms with Crippen LogP contribution < -0.4 is 14.8 Å². The first kappa shape index (κ1) is 16.3. The predicted octanol–water partition coefficient (Wildman–Crippen LogP) is 2.56. The van der Waals surface area contributed by atoms with Crippen LogP contribution in [0.1, 0.15) is 25.7 Å². The van der Waals surface area contributed by atoms with Gasteiger partial charge in [-0.1, -0.05) is 23.2 Å². The Kier molecular flexibility index (Phi) is 4.85. The third-order valence-corrected chi connectivity index (χ3v) is 6.26. The first-order chi connectivity index (χ1) is 10.5. The summed E-state index contributed by atoms with van der Waals surface area (Å²) < 4.78 is 33.7. The quantitative estimate of drug-likeness (QED) is 0.842. The number of benzene rings is 1. The Bertz CT molecular complexity index is 656. The zero-order valence-corrected chi connectivity index (χ0v) is 14.3. The fourth-order valence-corrected chi connectivity index (χ4v) is 4.62. The molecule has 1 aliphatic carbocycles. The molecule has 0 aromatic heterocycles. The molecule has 0 bridgehead atoms. The van der Waals surface area contributed by atoms with Crippen LogP contribution in [0.15, 0.2) is 17.0 Å². The first-order valence-electron chi connectivity index (χ1n) is 7.35. The zero-order valence-electron chi connectivity index (χ0n) is 11.9. The molecule has 22 heavy (non-hydrogen) atoms. The van der Waals surface area contributed by atoms with E-state index in [0.717, 1.165) is 38.8 Å². The van der Waals surface area contributed by atoms with Gasteiger partial charge in [-0.2, -0.15) is 0 Å². The van der Waals surface area contributed by atoms with Crippen LogP contribution >= 0.6 is 23.2 Å². The summed E-state index contributed by atoms with van der Waals surface area (Å²) in [5.74, 6) is 0.273. The van der Waals surface area contributed by atoms with Crippen LogP contribution in [-0.2, 0) is 10.0 Å². The van der Waals surface area contributed by atoms with Crippen molar-refractivity contribution in [3.05, 3.63) is 22.2 Å². The minimum Gasteiger partial charge on any atom is -0.489 e. The minimum absolute atomic E-state index is 0.00761. The number of halogens is 2. The second kappa shape index (κ2) is 6.53. The summed E-state index contributed by atoms with van der Waals surface area (Å²) in [6.45, 7) is 1.71. The van der Waals surface area contributed by atoms with Gasteiger partial charge in [-0.3, -0.25) is 0 Å². The molecule has 2 N–H and O–H groups in total. The van der Waals surface area contributed by atoms with Crippen LogP contribution in [0.3, 0.4) is 0 Å². The number of hydrogen-bond acceptors (Lipinski definition) is 4. The first-order valence-corrected chi connectivity index (χ1v) is 9.59. The molecule has 3 rings (SSSR count). The molecule has 0 atom stereocenters. The molecule has 8 heteroatoms. The number of rotatable bonds is 5. The molecule has 5 nitrogen and oxygen atoms in total. The second-order valence-corrected chi connectivity index (χ2v) is 8.09. The number of hydrogen-bond donors (Lipinski definition) is 2. The van der Waals surface area contributed by atoms with Crippen LogP contribution in [0.2, 0.25) is 10.0 Å². The maximum Gasteiger partial charge on any atom is 0.246 e. The summed E-state index contributed by atoms with van der Waals surface area (Å²) in [6.07, 6.45) is 3.34. The summed E-state index contributed by atoms with van der Waals surface area (Å²) in [6, 6.07) is 3.14. The Morgan fingerprint density at radius 2 is 1.82 bits per heavy atom. The van der Waals surface area contributed by atoms with Crippen molar-refractivity contribution in [3.63, 3.8) is 0 Å². The standard InChI is InChI=1S/C14H18Cl2N2O3S/c15-11-3-4-12(21-10-5-7-17-8-6-10)14(13(11)16)22(19,20)18-9-1-2-9/h3-4,9-10,17-18H,1-2,5-8H2. The van der Waals surface area contributed by atoms with Gasteiger partial charge < -0.3 is 10.1 Å². The highest BCUT2D eigenvalue weighted by molar-refractivity contribution is 7.89. The summed E-state index contributed by atoms with van der Waals surface area (Å²) in [7, 11) is -3.74. The summed E-state index contributed by atoms with van der Waals surface area (Å²) in [5, 5.41) is 3.46. The number of nitrogens with one attached hydrogen (secondary N) is 2. The van der Waals surface area contributed by atoms with Gasteiger partial charge in [0.25, 0.3) is 0 Å². The Balaban J connectivity index is 1.93. The summed E-state index contributed by atoms with van der Waals surface area (Å²) in [5.41, 5.74) is 0. The van der Waals surface area contributed by atoms with Gasteiger partial charge in [0.15, 0.2) is 0 Å². The Morgan fingerprint density at radius 1 is 1.14 bits per heavy atom. The van der Waals surface area contributed by atoms with E-state index >= 15 is 0 Å². The van der Waals surface area contributed by atoms with Gasteiger partial charge in [-0.15, -0.1) is 0 Å². The van der Waals surface area contributed by atoms with Gasteiger partial charge in [-0.05, 0) is 50.9 Å². The van der Waals surface area contributed by atoms with E-state index in [1.165, 1.54) is 0 Å². The van der Waals surface area contributed by atoms with Crippen molar-refractivity contribution in [2.75, 3.05) is 13.1 Å². The maximum absolute atomic E-state index is 12.6. The van der Waals surface area contributed by atoms with Crippen LogP contribution in [0, 0.1) is 0 Å². The smallest absolute Gasteiger partial charge is 0.246 e. The summed E-state index contributed by atoms with van der Waals surface area (Å²) in [4.78, 5) is -0.0490. The van der Waals surface area contributed by atoms with Crippen molar-refractivity contribution in [1.82, 2.24) is 10.0 Å². The largest absolute Gasteiger partial charge is 0.489 e. The molecule has 0 spiro atoms. The third-order valence-electron chi connectivity index (χ3n) is 3.76. The molecule has 2 aliphatic rings. The van der Waals surface area contributed by atoms with Crippen molar-refractivity contribution >= 4 is 33.2 Å². The van der Waals surface area contributed by atoms with Gasteiger partial charge in [-0.25, -0.2) is 13.1 Å². The van der Waals surface area contributed by atoms with Crippen molar-refractivity contribution in [1.29, 1.82) is 0 Å². The van der Waals surface area contributed by atoms with Gasteiger partial charge in [0.05, 0.1) is 10.0 Å². The molecule has 1 aromatic rings. The van der Waals surface area contributed by atoms with Crippen molar-refractivity contribution in [2.24, 2.45) is 0 Å². The van der Waals surface area contributed by atoms with Crippen LogP contribution in [0.4, 0.5) is 0 Å². The molecule has 1 aromatic carbocycles. The molecule has 0 radical (unpaired) electrons. The summed E-state index contributed by atoms with van der Waals surface area (Å²) >= 11 is 12.2. The van der Waals surface area contributed by atoms with E-state index in [0.29, 0.717) is 0 Å². The van der Waals surface area contributed by atoms with Crippen molar-refractivity contribution in [3.8, 4) is 5.75 Å². The Labute approximate surface area is 140 Å². The molecule has 1 heterocycles. The third kappa shape index (κ3) is 3.68. The minimum atomic E-state index is -3.74. The Hall–Kier alpha value is -0.530. The van der Waals surface area contributed by atoms with Crippen LogP contribution in [-0.4, -0.2) is 33.7 Å². The van der Waals surface area contributed by atoms with Crippen LogP contribution in [0.5, 0.6) is 5.75 Å². The van der Waals surface area contributed by atoms with E-state index in [-0.39, 0.29) is 32.8 Å². The number of piperidine rings is 1. The van der Waals surface area contributed by atoms with Crippen molar-refractivity contribution < 1.29 is 13.2 Å². The van der Waals surface area contributed by atoms with E-state index in [9.17, 15) is 8.42 Å². The highest BCUT2D eigenvalue weighted by Gasteiger charge is 2.33. The fraction of sp³-hybridized carbons (Fsp3) is 0.571. The predicted molar refractivity (Wildman–Crippen MR) is 86.3 cm³/mol. The highest BCUT2D eigenvalue weighted by Crippen LogP contribution is 2.38. The monoisotopic (exact) mass is 364 g/mol. The van der Waals surface area contributed by atoms with Gasteiger partial charge in [0, 0.05) is 6.04 Å². The van der Waals surface area contributed by atoms with Gasteiger partial charge >= 0.3 is 0 Å². The van der Waals surface area contributed by atoms with E-state index in [1.807, 2.05) is 0 Å². The average Bonchev–Trinajstić information content (AvgIpc) is 3.27. The van der Waals surface area contributed by atoms with E-state index < -0.39 is 10.0 Å². The fourth-order valence-electron chi connectivity index (χ4n) is 2.43. The molecule has 1 saturated heterocycles. The molecule has 122 valence electrons. The van der Waals surface area contributed by atoms with Gasteiger partial charge in [0.2, 0.25) is 10.0 Å². The lowest BCUT2D eigenvalue weighted by molar-refractivity contribution is 0.158. The molecule has 1 saturated carbocycles. The second-order valence-electron chi connectivity index (χ2n) is 5.65. The highest BCUT2D eigenvalue weighted by atomic mass is 35.5.